The fourth-order valence-electron chi connectivity index (χ4n) is 1.73. The number of nitrogens with one attached hydrogen (secondary N) is 1. The van der Waals surface area contributed by atoms with Gasteiger partial charge in [-0.05, 0) is 57.7 Å². The lowest BCUT2D eigenvalue weighted by Crippen LogP contribution is -2.18. The van der Waals surface area contributed by atoms with E-state index in [0.717, 1.165) is 25.1 Å². The number of hydrogen-bond acceptors (Lipinski definition) is 3. The molecule has 3 nitrogen and oxygen atoms in total. The molecule has 102 valence electrons. The molecule has 0 amide bonds. The number of methoxy groups -OCH3 is 1. The lowest BCUT2D eigenvalue weighted by Gasteiger charge is -2.10. The molecule has 0 aliphatic carbocycles. The van der Waals surface area contributed by atoms with Crippen LogP contribution in [-0.4, -0.2) is 39.2 Å². The highest BCUT2D eigenvalue weighted by molar-refractivity contribution is 5.29. The minimum absolute atomic E-state index is 0.296. The summed E-state index contributed by atoms with van der Waals surface area (Å²) in [5, 5.41) is 3.31. The van der Waals surface area contributed by atoms with E-state index in [-0.39, 0.29) is 5.82 Å². The Labute approximate surface area is 109 Å². The molecule has 0 aromatic heterocycles. The van der Waals surface area contributed by atoms with Crippen molar-refractivity contribution in [3.8, 4) is 5.75 Å². The van der Waals surface area contributed by atoms with Crippen LogP contribution in [0.5, 0.6) is 5.75 Å². The van der Waals surface area contributed by atoms with Gasteiger partial charge in [0.05, 0.1) is 7.11 Å². The number of ether oxygens (including phenoxy) is 1. The quantitative estimate of drug-likeness (QED) is 0.720. The van der Waals surface area contributed by atoms with Crippen LogP contribution in [0.2, 0.25) is 0 Å². The minimum atomic E-state index is -0.301. The van der Waals surface area contributed by atoms with Crippen LogP contribution >= 0.6 is 0 Å². The number of unbranched alkanes of at least 4 members (excludes halogenated alkanes) is 1. The molecule has 1 N–H and O–H groups in total. The Morgan fingerprint density at radius 3 is 2.67 bits per heavy atom. The first kappa shape index (κ1) is 14.9. The highest BCUT2D eigenvalue weighted by Gasteiger charge is 2.02. The van der Waals surface area contributed by atoms with E-state index in [4.69, 9.17) is 4.74 Å². The van der Waals surface area contributed by atoms with Crippen LogP contribution in [0.3, 0.4) is 0 Å². The van der Waals surface area contributed by atoms with Gasteiger partial charge in [0, 0.05) is 6.54 Å². The summed E-state index contributed by atoms with van der Waals surface area (Å²) in [6.45, 7) is 2.77. The zero-order valence-corrected chi connectivity index (χ0v) is 11.5. The van der Waals surface area contributed by atoms with Gasteiger partial charge in [0.15, 0.2) is 11.6 Å². The molecule has 4 heteroatoms. The molecular formula is C14H23FN2O. The number of hydrogen-bond donors (Lipinski definition) is 1. The smallest absolute Gasteiger partial charge is 0.165 e. The average Bonchev–Trinajstić information content (AvgIpc) is 2.33. The van der Waals surface area contributed by atoms with Crippen molar-refractivity contribution in [2.45, 2.75) is 19.4 Å². The van der Waals surface area contributed by atoms with Gasteiger partial charge in [-0.1, -0.05) is 6.07 Å². The van der Waals surface area contributed by atoms with E-state index in [1.54, 1.807) is 6.07 Å². The van der Waals surface area contributed by atoms with Crippen LogP contribution in [0.1, 0.15) is 18.4 Å². The molecular weight excluding hydrogens is 231 g/mol. The lowest BCUT2D eigenvalue weighted by molar-refractivity contribution is 0.385. The maximum absolute atomic E-state index is 13.4. The maximum atomic E-state index is 13.4. The van der Waals surface area contributed by atoms with Crippen LogP contribution in [0.25, 0.3) is 0 Å². The van der Waals surface area contributed by atoms with Gasteiger partial charge in [-0.15, -0.1) is 0 Å². The zero-order valence-electron chi connectivity index (χ0n) is 11.5. The summed E-state index contributed by atoms with van der Waals surface area (Å²) >= 11 is 0. The van der Waals surface area contributed by atoms with Crippen LogP contribution in [0, 0.1) is 5.82 Å². The maximum Gasteiger partial charge on any atom is 0.165 e. The predicted octanol–water partition coefficient (Wildman–Crippen LogP) is 2.27. The third kappa shape index (κ3) is 5.47. The third-order valence-corrected chi connectivity index (χ3v) is 2.75. The number of rotatable bonds is 8. The Morgan fingerprint density at radius 2 is 2.06 bits per heavy atom. The van der Waals surface area contributed by atoms with Gasteiger partial charge >= 0.3 is 0 Å². The molecule has 18 heavy (non-hydrogen) atoms. The molecule has 0 saturated heterocycles. The van der Waals surface area contributed by atoms with Crippen molar-refractivity contribution < 1.29 is 9.13 Å². The zero-order chi connectivity index (χ0) is 13.4. The molecule has 0 aliphatic rings. The second-order valence-corrected chi connectivity index (χ2v) is 4.66. The third-order valence-electron chi connectivity index (χ3n) is 2.75. The highest BCUT2D eigenvalue weighted by atomic mass is 19.1. The van der Waals surface area contributed by atoms with Crippen LogP contribution in [-0.2, 0) is 6.54 Å². The van der Waals surface area contributed by atoms with Gasteiger partial charge in [0.2, 0.25) is 0 Å². The van der Waals surface area contributed by atoms with Gasteiger partial charge in [0.25, 0.3) is 0 Å². The molecule has 0 heterocycles. The second-order valence-electron chi connectivity index (χ2n) is 4.66. The summed E-state index contributed by atoms with van der Waals surface area (Å²) in [5.41, 5.74) is 0.945. The van der Waals surface area contributed by atoms with E-state index < -0.39 is 0 Å². The van der Waals surface area contributed by atoms with Crippen molar-refractivity contribution in [3.05, 3.63) is 29.6 Å². The Hall–Kier alpha value is -1.13. The molecule has 1 rings (SSSR count). The molecule has 0 bridgehead atoms. The number of benzene rings is 1. The number of nitrogens with zero attached hydrogens (tertiary/aromatic N) is 1. The molecule has 0 spiro atoms. The van der Waals surface area contributed by atoms with Gasteiger partial charge < -0.3 is 15.0 Å². The highest BCUT2D eigenvalue weighted by Crippen LogP contribution is 2.17. The first-order chi connectivity index (χ1) is 8.63. The molecule has 0 radical (unpaired) electrons. The predicted molar refractivity (Wildman–Crippen MR) is 72.4 cm³/mol. The summed E-state index contributed by atoms with van der Waals surface area (Å²) in [6.07, 6.45) is 2.31. The Balaban J connectivity index is 2.21. The van der Waals surface area contributed by atoms with Crippen LogP contribution in [0.15, 0.2) is 18.2 Å². The molecule has 0 atom stereocenters. The SMILES string of the molecule is COc1ccc(CNCCCCN(C)C)cc1F. The van der Waals surface area contributed by atoms with Crippen molar-refractivity contribution in [1.82, 2.24) is 10.2 Å². The van der Waals surface area contributed by atoms with E-state index >= 15 is 0 Å². The van der Waals surface area contributed by atoms with Crippen LogP contribution in [0.4, 0.5) is 4.39 Å². The minimum Gasteiger partial charge on any atom is -0.494 e. The monoisotopic (exact) mass is 254 g/mol. The summed E-state index contributed by atoms with van der Waals surface area (Å²) in [7, 11) is 5.63. The molecule has 1 aromatic rings. The molecule has 0 aliphatic heterocycles. The Bertz CT molecular complexity index is 356. The molecule has 1 aromatic carbocycles. The fourth-order valence-corrected chi connectivity index (χ4v) is 1.73. The van der Waals surface area contributed by atoms with E-state index in [9.17, 15) is 4.39 Å². The van der Waals surface area contributed by atoms with Gasteiger partial charge in [-0.25, -0.2) is 4.39 Å². The Morgan fingerprint density at radius 1 is 1.28 bits per heavy atom. The van der Waals surface area contributed by atoms with E-state index in [2.05, 4.69) is 24.3 Å². The normalized spacial score (nSPS) is 10.9. The molecule has 0 saturated carbocycles. The second kappa shape index (κ2) is 8.06. The van der Waals surface area contributed by atoms with Gasteiger partial charge in [-0.3, -0.25) is 0 Å². The molecule has 0 unspecified atom stereocenters. The van der Waals surface area contributed by atoms with Crippen molar-refractivity contribution >= 4 is 0 Å². The first-order valence-corrected chi connectivity index (χ1v) is 6.31. The van der Waals surface area contributed by atoms with E-state index in [0.29, 0.717) is 12.3 Å². The first-order valence-electron chi connectivity index (χ1n) is 6.31. The van der Waals surface area contributed by atoms with E-state index in [1.807, 2.05) is 6.07 Å². The summed E-state index contributed by atoms with van der Waals surface area (Å²) in [6, 6.07) is 5.07. The lowest BCUT2D eigenvalue weighted by atomic mass is 10.2. The fraction of sp³-hybridized carbons (Fsp3) is 0.571. The topological polar surface area (TPSA) is 24.5 Å². The Kier molecular flexibility index (Phi) is 6.68. The van der Waals surface area contributed by atoms with E-state index in [1.165, 1.54) is 19.6 Å². The van der Waals surface area contributed by atoms with Crippen molar-refractivity contribution in [2.75, 3.05) is 34.3 Å². The van der Waals surface area contributed by atoms with Crippen molar-refractivity contribution in [3.63, 3.8) is 0 Å². The summed E-state index contributed by atoms with van der Waals surface area (Å²) in [4.78, 5) is 2.18. The summed E-state index contributed by atoms with van der Waals surface area (Å²) < 4.78 is 18.3. The van der Waals surface area contributed by atoms with Gasteiger partial charge in [-0.2, -0.15) is 0 Å². The average molecular weight is 254 g/mol. The van der Waals surface area contributed by atoms with Gasteiger partial charge in [0.1, 0.15) is 0 Å². The summed E-state index contributed by atoms with van der Waals surface area (Å²) in [5.74, 6) is -0.00543. The number of halogens is 1. The standard InChI is InChI=1S/C14H23FN2O/c1-17(2)9-5-4-8-16-11-12-6-7-14(18-3)13(15)10-12/h6-7,10,16H,4-5,8-9,11H2,1-3H3. The van der Waals surface area contributed by atoms with Crippen LogP contribution < -0.4 is 10.1 Å². The largest absolute Gasteiger partial charge is 0.494 e. The van der Waals surface area contributed by atoms with Crippen molar-refractivity contribution in [1.29, 1.82) is 0 Å². The van der Waals surface area contributed by atoms with Crippen molar-refractivity contribution in [2.24, 2.45) is 0 Å². The molecule has 0 fully saturated rings.